The molecule has 0 aliphatic carbocycles. The molecule has 0 aromatic heterocycles. The first-order valence-corrected chi connectivity index (χ1v) is 8.19. The minimum absolute atomic E-state index is 0.0441. The zero-order valence-corrected chi connectivity index (χ0v) is 14.9. The van der Waals surface area contributed by atoms with Gasteiger partial charge >= 0.3 is 11.9 Å². The number of ether oxygens (including phenoxy) is 3. The van der Waals surface area contributed by atoms with Crippen molar-refractivity contribution in [3.63, 3.8) is 0 Å². The quantitative estimate of drug-likeness (QED) is 0.410. The lowest BCUT2D eigenvalue weighted by molar-refractivity contribution is -0.145. The Labute approximate surface area is 143 Å². The van der Waals surface area contributed by atoms with Crippen molar-refractivity contribution in [1.29, 1.82) is 0 Å². The Morgan fingerprint density at radius 3 is 2.12 bits per heavy atom. The number of para-hydroxylation sites is 2. The third-order valence-electron chi connectivity index (χ3n) is 3.19. The van der Waals surface area contributed by atoms with Gasteiger partial charge in [0.1, 0.15) is 6.10 Å². The number of hydrogen-bond donors (Lipinski definition) is 0. The number of carbonyl (C=O) groups excluding carboxylic acids is 2. The van der Waals surface area contributed by atoms with Crippen LogP contribution in [0.5, 0.6) is 11.5 Å². The molecule has 1 atom stereocenters. The number of carbonyl (C=O) groups is 2. The molecule has 1 aromatic carbocycles. The van der Waals surface area contributed by atoms with Gasteiger partial charge in [-0.1, -0.05) is 32.9 Å². The molecule has 0 amide bonds. The van der Waals surface area contributed by atoms with Crippen LogP contribution in [0.2, 0.25) is 0 Å². The molecule has 0 fully saturated rings. The van der Waals surface area contributed by atoms with E-state index >= 15 is 0 Å². The third kappa shape index (κ3) is 6.86. The van der Waals surface area contributed by atoms with Crippen LogP contribution in [-0.2, 0) is 14.3 Å². The zero-order valence-electron chi connectivity index (χ0n) is 14.9. The topological polar surface area (TPSA) is 61.8 Å². The first-order valence-electron chi connectivity index (χ1n) is 8.19. The molecular weight excluding hydrogens is 308 g/mol. The molecule has 0 heterocycles. The zero-order chi connectivity index (χ0) is 18.1. The van der Waals surface area contributed by atoms with Gasteiger partial charge in [0, 0.05) is 12.2 Å². The number of hydrogen-bond acceptors (Lipinski definition) is 5. The van der Waals surface area contributed by atoms with Crippen molar-refractivity contribution in [2.45, 2.75) is 53.2 Å². The molecule has 132 valence electrons. The molecule has 5 nitrogen and oxygen atoms in total. The van der Waals surface area contributed by atoms with Crippen LogP contribution < -0.4 is 9.47 Å². The summed E-state index contributed by atoms with van der Waals surface area (Å²) >= 11 is 0. The predicted molar refractivity (Wildman–Crippen MR) is 92.0 cm³/mol. The van der Waals surface area contributed by atoms with Gasteiger partial charge in [-0.05, 0) is 38.3 Å². The Morgan fingerprint density at radius 1 is 1.00 bits per heavy atom. The summed E-state index contributed by atoms with van der Waals surface area (Å²) < 4.78 is 16.1. The average molecular weight is 334 g/mol. The van der Waals surface area contributed by atoms with Crippen LogP contribution in [0.15, 0.2) is 36.4 Å². The van der Waals surface area contributed by atoms with Gasteiger partial charge in [-0.3, -0.25) is 0 Å². The number of esters is 2. The minimum Gasteiger partial charge on any atom is -0.487 e. The van der Waals surface area contributed by atoms with E-state index in [0.29, 0.717) is 11.5 Å². The summed E-state index contributed by atoms with van der Waals surface area (Å²) in [5, 5.41) is 0. The van der Waals surface area contributed by atoms with Gasteiger partial charge in [-0.2, -0.15) is 0 Å². The van der Waals surface area contributed by atoms with Crippen molar-refractivity contribution in [2.75, 3.05) is 0 Å². The molecule has 0 N–H and O–H groups in total. The summed E-state index contributed by atoms with van der Waals surface area (Å²) in [6, 6.07) is 6.88. The van der Waals surface area contributed by atoms with Crippen LogP contribution in [0.25, 0.3) is 0 Å². The van der Waals surface area contributed by atoms with E-state index in [1.807, 2.05) is 34.6 Å². The molecule has 1 rings (SSSR count). The number of benzene rings is 1. The molecule has 1 aromatic rings. The van der Waals surface area contributed by atoms with E-state index in [1.54, 1.807) is 24.3 Å². The molecular formula is C19H26O5. The van der Waals surface area contributed by atoms with Crippen molar-refractivity contribution in [3.05, 3.63) is 36.4 Å². The fraction of sp³-hybridized carbons (Fsp3) is 0.474. The third-order valence-corrected chi connectivity index (χ3v) is 3.19. The highest BCUT2D eigenvalue weighted by molar-refractivity contribution is 5.92. The van der Waals surface area contributed by atoms with Gasteiger partial charge in [0.2, 0.25) is 0 Å². The lowest BCUT2D eigenvalue weighted by Crippen LogP contribution is -2.22. The second-order valence-electron chi connectivity index (χ2n) is 6.00. The van der Waals surface area contributed by atoms with E-state index in [4.69, 9.17) is 14.2 Å². The fourth-order valence-electron chi connectivity index (χ4n) is 2.04. The standard InChI is InChI=1S/C19H26O5/c1-6-15(13(2)3)23-18(20)11-12-19(21)24-17-10-8-7-9-16(17)22-14(4)5/h7-15H,6H2,1-5H3/b12-11+. The van der Waals surface area contributed by atoms with Gasteiger partial charge in [0.25, 0.3) is 0 Å². The maximum Gasteiger partial charge on any atom is 0.336 e. The van der Waals surface area contributed by atoms with E-state index in [2.05, 4.69) is 0 Å². The van der Waals surface area contributed by atoms with Crippen molar-refractivity contribution >= 4 is 11.9 Å². The first kappa shape index (κ1) is 19.7. The highest BCUT2D eigenvalue weighted by Gasteiger charge is 2.15. The summed E-state index contributed by atoms with van der Waals surface area (Å²) in [5.41, 5.74) is 0. The summed E-state index contributed by atoms with van der Waals surface area (Å²) in [5.74, 6) is -0.214. The van der Waals surface area contributed by atoms with Crippen LogP contribution in [0.4, 0.5) is 0 Å². The summed E-state index contributed by atoms with van der Waals surface area (Å²) in [7, 11) is 0. The summed E-state index contributed by atoms with van der Waals surface area (Å²) in [4.78, 5) is 23.6. The maximum atomic E-state index is 11.9. The Kier molecular flexibility index (Phi) is 8.02. The molecule has 0 spiro atoms. The lowest BCUT2D eigenvalue weighted by atomic mass is 10.1. The molecule has 0 radical (unpaired) electrons. The monoisotopic (exact) mass is 334 g/mol. The average Bonchev–Trinajstić information content (AvgIpc) is 2.51. The van der Waals surface area contributed by atoms with Crippen LogP contribution in [-0.4, -0.2) is 24.1 Å². The Bertz CT molecular complexity index is 575. The smallest absolute Gasteiger partial charge is 0.336 e. The normalized spacial score (nSPS) is 12.5. The molecule has 5 heteroatoms. The summed E-state index contributed by atoms with van der Waals surface area (Å²) in [6.45, 7) is 9.67. The lowest BCUT2D eigenvalue weighted by Gasteiger charge is -2.18. The maximum absolute atomic E-state index is 11.9. The second kappa shape index (κ2) is 9.75. The SMILES string of the molecule is CCC(OC(=O)/C=C/C(=O)Oc1ccccc1OC(C)C)C(C)C. The Hall–Kier alpha value is -2.30. The van der Waals surface area contributed by atoms with Crippen molar-refractivity contribution in [2.24, 2.45) is 5.92 Å². The second-order valence-corrected chi connectivity index (χ2v) is 6.00. The fourth-order valence-corrected chi connectivity index (χ4v) is 2.04. The molecule has 0 aliphatic heterocycles. The van der Waals surface area contributed by atoms with Crippen LogP contribution in [0.1, 0.15) is 41.0 Å². The molecule has 24 heavy (non-hydrogen) atoms. The molecule has 0 aliphatic rings. The van der Waals surface area contributed by atoms with Crippen molar-refractivity contribution in [3.8, 4) is 11.5 Å². The Balaban J connectivity index is 2.64. The van der Waals surface area contributed by atoms with Crippen LogP contribution >= 0.6 is 0 Å². The minimum atomic E-state index is -0.663. The number of rotatable bonds is 8. The predicted octanol–water partition coefficient (Wildman–Crippen LogP) is 3.91. The van der Waals surface area contributed by atoms with Gasteiger partial charge in [-0.25, -0.2) is 9.59 Å². The molecule has 0 saturated heterocycles. The van der Waals surface area contributed by atoms with E-state index in [-0.39, 0.29) is 18.1 Å². The van der Waals surface area contributed by atoms with Crippen LogP contribution in [0.3, 0.4) is 0 Å². The van der Waals surface area contributed by atoms with Crippen LogP contribution in [0, 0.1) is 5.92 Å². The van der Waals surface area contributed by atoms with Gasteiger partial charge in [-0.15, -0.1) is 0 Å². The van der Waals surface area contributed by atoms with Gasteiger partial charge in [0.15, 0.2) is 11.5 Å². The van der Waals surface area contributed by atoms with E-state index in [0.717, 1.165) is 18.6 Å². The van der Waals surface area contributed by atoms with E-state index < -0.39 is 11.9 Å². The molecule has 0 bridgehead atoms. The first-order chi connectivity index (χ1) is 11.3. The van der Waals surface area contributed by atoms with Gasteiger partial charge in [0.05, 0.1) is 6.10 Å². The largest absolute Gasteiger partial charge is 0.487 e. The highest BCUT2D eigenvalue weighted by Crippen LogP contribution is 2.27. The molecule has 0 saturated carbocycles. The van der Waals surface area contributed by atoms with Crippen molar-refractivity contribution < 1.29 is 23.8 Å². The van der Waals surface area contributed by atoms with Gasteiger partial charge < -0.3 is 14.2 Å². The van der Waals surface area contributed by atoms with E-state index in [9.17, 15) is 9.59 Å². The van der Waals surface area contributed by atoms with Crippen molar-refractivity contribution in [1.82, 2.24) is 0 Å². The highest BCUT2D eigenvalue weighted by atomic mass is 16.6. The molecule has 1 unspecified atom stereocenters. The Morgan fingerprint density at radius 2 is 1.58 bits per heavy atom. The summed E-state index contributed by atoms with van der Waals surface area (Å²) in [6.07, 6.45) is 2.65. The van der Waals surface area contributed by atoms with E-state index in [1.165, 1.54) is 0 Å².